The number of hydrogen-bond acceptors (Lipinski definition) is 15. The topological polar surface area (TPSA) is 237 Å². The predicted molar refractivity (Wildman–Crippen MR) is 349 cm³/mol. The third-order valence-corrected chi connectivity index (χ3v) is 17.8. The second-order valence-electron chi connectivity index (χ2n) is 24.6. The van der Waals surface area contributed by atoms with E-state index in [0.717, 1.165) is 109 Å². The van der Waals surface area contributed by atoms with E-state index in [1.54, 1.807) is 0 Å². The van der Waals surface area contributed by atoms with Gasteiger partial charge in [0.25, 0.3) is 0 Å². The van der Waals surface area contributed by atoms with Crippen LogP contribution < -0.4 is 0 Å². The van der Waals surface area contributed by atoms with Gasteiger partial charge in [-0.1, -0.05) is 304 Å². The van der Waals surface area contributed by atoms with Crippen LogP contribution in [0.15, 0.2) is 0 Å². The molecule has 19 heteroatoms. The van der Waals surface area contributed by atoms with Crippen LogP contribution in [0.1, 0.15) is 355 Å². The molecule has 0 aromatic heterocycles. The van der Waals surface area contributed by atoms with Crippen LogP contribution in [-0.4, -0.2) is 96.7 Å². The molecule has 0 fully saturated rings. The zero-order chi connectivity index (χ0) is 64.0. The standard InChI is InChI=1S/C68H132O17P2/c1-5-9-13-17-21-24-26-28-29-30-31-32-33-34-35-37-39-43-47-51-55-68(73)85-64(59-79-66(71)53-49-45-42-38-36-27-25-22-18-14-10-6-2)61-83-87(76,77)81-57-62(69)56-80-86(74,75)82-60-63(58-78-65(70)52-48-44-40-20-16-12-8-4)84-67(72)54-50-46-41-23-19-15-11-7-3/h62-64,69H,5-61H2,1-4H3,(H,74,75)(H,76,77)/t62-,63+,64+/m0/s1. The van der Waals surface area contributed by atoms with Crippen LogP contribution in [0.3, 0.4) is 0 Å². The number of ether oxygens (including phenoxy) is 4. The van der Waals surface area contributed by atoms with Crippen LogP contribution in [-0.2, 0) is 65.4 Å². The largest absolute Gasteiger partial charge is 0.472 e. The Morgan fingerprint density at radius 3 is 0.678 bits per heavy atom. The summed E-state index contributed by atoms with van der Waals surface area (Å²) < 4.78 is 68.0. The van der Waals surface area contributed by atoms with Crippen molar-refractivity contribution in [2.45, 2.75) is 373 Å². The fourth-order valence-corrected chi connectivity index (χ4v) is 11.9. The first-order chi connectivity index (χ1) is 42.2. The van der Waals surface area contributed by atoms with Crippen molar-refractivity contribution in [2.24, 2.45) is 0 Å². The quantitative estimate of drug-likeness (QED) is 0.0222. The van der Waals surface area contributed by atoms with Crippen molar-refractivity contribution in [2.75, 3.05) is 39.6 Å². The molecule has 0 saturated heterocycles. The maximum atomic E-state index is 13.0. The Bertz CT molecular complexity index is 1670. The summed E-state index contributed by atoms with van der Waals surface area (Å²) in [5.74, 6) is -2.13. The summed E-state index contributed by atoms with van der Waals surface area (Å²) in [5, 5.41) is 10.5. The lowest BCUT2D eigenvalue weighted by atomic mass is 10.0. The highest BCUT2D eigenvalue weighted by Gasteiger charge is 2.30. The van der Waals surface area contributed by atoms with E-state index in [0.29, 0.717) is 25.7 Å². The number of esters is 4. The molecular formula is C68H132O17P2. The van der Waals surface area contributed by atoms with Crippen LogP contribution in [0.25, 0.3) is 0 Å². The van der Waals surface area contributed by atoms with Crippen molar-refractivity contribution >= 4 is 39.5 Å². The Hall–Kier alpha value is -1.94. The third kappa shape index (κ3) is 62.6. The van der Waals surface area contributed by atoms with Crippen LogP contribution in [0.4, 0.5) is 0 Å². The zero-order valence-corrected chi connectivity index (χ0v) is 57.8. The number of aliphatic hydroxyl groups excluding tert-OH is 1. The monoisotopic (exact) mass is 1280 g/mol. The van der Waals surface area contributed by atoms with E-state index in [1.807, 2.05) is 0 Å². The van der Waals surface area contributed by atoms with Gasteiger partial charge < -0.3 is 33.8 Å². The van der Waals surface area contributed by atoms with Crippen molar-refractivity contribution < 1.29 is 80.2 Å². The van der Waals surface area contributed by atoms with Gasteiger partial charge in [0.1, 0.15) is 19.3 Å². The van der Waals surface area contributed by atoms with Crippen LogP contribution in [0, 0.1) is 0 Å². The molecule has 516 valence electrons. The van der Waals surface area contributed by atoms with Crippen molar-refractivity contribution in [1.82, 2.24) is 0 Å². The Kier molecular flexibility index (Phi) is 61.4. The van der Waals surface area contributed by atoms with Crippen molar-refractivity contribution in [3.63, 3.8) is 0 Å². The first kappa shape index (κ1) is 85.1. The third-order valence-electron chi connectivity index (χ3n) is 15.9. The van der Waals surface area contributed by atoms with E-state index in [2.05, 4.69) is 27.7 Å². The molecule has 0 aromatic carbocycles. The van der Waals surface area contributed by atoms with E-state index >= 15 is 0 Å². The minimum absolute atomic E-state index is 0.105. The molecule has 0 spiro atoms. The first-order valence-electron chi connectivity index (χ1n) is 35.8. The lowest BCUT2D eigenvalue weighted by molar-refractivity contribution is -0.161. The number of hydrogen-bond donors (Lipinski definition) is 3. The van der Waals surface area contributed by atoms with Gasteiger partial charge in [-0.2, -0.15) is 0 Å². The Morgan fingerprint density at radius 1 is 0.276 bits per heavy atom. The van der Waals surface area contributed by atoms with Crippen LogP contribution in [0.5, 0.6) is 0 Å². The van der Waals surface area contributed by atoms with E-state index in [9.17, 15) is 43.2 Å². The smallest absolute Gasteiger partial charge is 0.462 e. The number of carbonyl (C=O) groups is 4. The minimum Gasteiger partial charge on any atom is -0.462 e. The van der Waals surface area contributed by atoms with Crippen LogP contribution >= 0.6 is 15.6 Å². The zero-order valence-electron chi connectivity index (χ0n) is 56.0. The van der Waals surface area contributed by atoms with Crippen molar-refractivity contribution in [1.29, 1.82) is 0 Å². The summed E-state index contributed by atoms with van der Waals surface area (Å²) in [6, 6.07) is 0. The fraction of sp³-hybridized carbons (Fsp3) is 0.941. The fourth-order valence-electron chi connectivity index (χ4n) is 10.3. The summed E-state index contributed by atoms with van der Waals surface area (Å²) in [6.45, 7) is 4.86. The number of carbonyl (C=O) groups excluding carboxylic acids is 4. The number of phosphoric ester groups is 2. The van der Waals surface area contributed by atoms with Gasteiger partial charge in [0.15, 0.2) is 12.2 Å². The molecule has 17 nitrogen and oxygen atoms in total. The van der Waals surface area contributed by atoms with Crippen molar-refractivity contribution in [3.05, 3.63) is 0 Å². The van der Waals surface area contributed by atoms with E-state index < -0.39 is 97.5 Å². The Labute approximate surface area is 530 Å². The molecule has 0 aromatic rings. The molecule has 3 N–H and O–H groups in total. The number of rotatable bonds is 69. The molecule has 5 atom stereocenters. The average molecular weight is 1280 g/mol. The second-order valence-corrected chi connectivity index (χ2v) is 27.5. The van der Waals surface area contributed by atoms with Crippen LogP contribution in [0.2, 0.25) is 0 Å². The van der Waals surface area contributed by atoms with Gasteiger partial charge in [-0.25, -0.2) is 9.13 Å². The molecule has 0 amide bonds. The molecule has 0 bridgehead atoms. The molecule has 0 aliphatic carbocycles. The predicted octanol–water partition coefficient (Wildman–Crippen LogP) is 19.5. The van der Waals surface area contributed by atoms with E-state index in [-0.39, 0.29) is 25.7 Å². The minimum atomic E-state index is -4.95. The highest BCUT2D eigenvalue weighted by atomic mass is 31.2. The molecular weight excluding hydrogens is 1150 g/mol. The summed E-state index contributed by atoms with van der Waals surface area (Å²) in [7, 11) is -9.88. The van der Waals surface area contributed by atoms with E-state index in [4.69, 9.17) is 37.0 Å². The Balaban J connectivity index is 5.12. The van der Waals surface area contributed by atoms with Gasteiger partial charge in [-0.15, -0.1) is 0 Å². The highest BCUT2D eigenvalue weighted by molar-refractivity contribution is 7.47. The molecule has 87 heavy (non-hydrogen) atoms. The molecule has 2 unspecified atom stereocenters. The SMILES string of the molecule is CCCCCCCCCCCCCCCCCCCCCCC(=O)O[C@H](COC(=O)CCCCCCCCCCCCCC)COP(=O)(O)OC[C@@H](O)COP(=O)(O)OC[C@@H](COC(=O)CCCCCCCCC)OC(=O)CCCCCCCCCC. The van der Waals surface area contributed by atoms with Gasteiger partial charge >= 0.3 is 39.5 Å². The van der Waals surface area contributed by atoms with Gasteiger partial charge in [0, 0.05) is 25.7 Å². The summed E-state index contributed by atoms with van der Waals surface area (Å²) >= 11 is 0. The second kappa shape index (κ2) is 62.8. The van der Waals surface area contributed by atoms with Crippen molar-refractivity contribution in [3.8, 4) is 0 Å². The molecule has 0 radical (unpaired) electrons. The van der Waals surface area contributed by atoms with Gasteiger partial charge in [-0.3, -0.25) is 37.3 Å². The molecule has 0 heterocycles. The number of aliphatic hydroxyl groups is 1. The van der Waals surface area contributed by atoms with Gasteiger partial charge in [0.05, 0.1) is 26.4 Å². The van der Waals surface area contributed by atoms with Gasteiger partial charge in [0.2, 0.25) is 0 Å². The average Bonchev–Trinajstić information content (AvgIpc) is 3.60. The molecule has 0 aliphatic heterocycles. The summed E-state index contributed by atoms with van der Waals surface area (Å²) in [6.07, 6.45) is 50.2. The lowest BCUT2D eigenvalue weighted by Gasteiger charge is -2.21. The lowest BCUT2D eigenvalue weighted by Crippen LogP contribution is -2.30. The normalized spacial score (nSPS) is 14.1. The number of phosphoric acid groups is 2. The maximum absolute atomic E-state index is 13.0. The van der Waals surface area contributed by atoms with E-state index in [1.165, 1.54) is 167 Å². The molecule has 0 rings (SSSR count). The molecule has 0 aliphatic rings. The summed E-state index contributed by atoms with van der Waals surface area (Å²) in [5.41, 5.74) is 0. The maximum Gasteiger partial charge on any atom is 0.472 e. The highest BCUT2D eigenvalue weighted by Crippen LogP contribution is 2.45. The summed E-state index contributed by atoms with van der Waals surface area (Å²) in [4.78, 5) is 72.2. The first-order valence-corrected chi connectivity index (χ1v) is 38.8. The number of unbranched alkanes of at least 4 members (excludes halogenated alkanes) is 43. The van der Waals surface area contributed by atoms with Gasteiger partial charge in [-0.05, 0) is 25.7 Å². The Morgan fingerprint density at radius 2 is 0.460 bits per heavy atom. The molecule has 0 saturated carbocycles.